The van der Waals surface area contributed by atoms with Crippen LogP contribution >= 0.6 is 0 Å². The third-order valence-corrected chi connectivity index (χ3v) is 6.16. The van der Waals surface area contributed by atoms with E-state index in [2.05, 4.69) is 5.32 Å². The number of Topliss-reactive ketones (excluding diaryl/α,β-unsaturated/α-hetero) is 1. The zero-order valence-electron chi connectivity index (χ0n) is 14.6. The van der Waals surface area contributed by atoms with Gasteiger partial charge in [-0.05, 0) is 31.2 Å². The van der Waals surface area contributed by atoms with E-state index in [1.807, 2.05) is 31.2 Å². The van der Waals surface area contributed by atoms with E-state index in [0.29, 0.717) is 31.9 Å². The average molecular weight is 374 g/mol. The first kappa shape index (κ1) is 18.6. The second-order valence-electron chi connectivity index (χ2n) is 6.19. The summed E-state index contributed by atoms with van der Waals surface area (Å²) in [5.74, 6) is -0.162. The Hall–Kier alpha value is -2.22. The first-order valence-electron chi connectivity index (χ1n) is 8.48. The minimum Gasteiger partial charge on any atom is -0.379 e. The van der Waals surface area contributed by atoms with Gasteiger partial charge in [0.15, 0.2) is 5.78 Å². The summed E-state index contributed by atoms with van der Waals surface area (Å²) in [4.78, 5) is 12.6. The Kier molecular flexibility index (Phi) is 5.70. The number of benzene rings is 2. The van der Waals surface area contributed by atoms with E-state index in [9.17, 15) is 13.2 Å². The summed E-state index contributed by atoms with van der Waals surface area (Å²) in [6, 6.07) is 13.9. The van der Waals surface area contributed by atoms with Crippen molar-refractivity contribution in [1.29, 1.82) is 0 Å². The van der Waals surface area contributed by atoms with Gasteiger partial charge in [0, 0.05) is 24.3 Å². The second-order valence-corrected chi connectivity index (χ2v) is 8.12. The van der Waals surface area contributed by atoms with Crippen molar-refractivity contribution in [3.8, 4) is 0 Å². The molecule has 1 fully saturated rings. The van der Waals surface area contributed by atoms with Crippen LogP contribution in [0.25, 0.3) is 0 Å². The number of ketones is 1. The number of carbonyl (C=O) groups excluding carboxylic acids is 1. The fourth-order valence-electron chi connectivity index (χ4n) is 2.72. The van der Waals surface area contributed by atoms with E-state index >= 15 is 0 Å². The van der Waals surface area contributed by atoms with E-state index in [-0.39, 0.29) is 17.2 Å². The quantitative estimate of drug-likeness (QED) is 0.786. The third kappa shape index (κ3) is 4.30. The molecule has 0 aromatic heterocycles. The molecule has 2 aromatic rings. The van der Waals surface area contributed by atoms with Gasteiger partial charge in [0.05, 0.1) is 24.7 Å². The van der Waals surface area contributed by atoms with Crippen molar-refractivity contribution in [2.45, 2.75) is 11.8 Å². The Morgan fingerprint density at radius 1 is 1.12 bits per heavy atom. The lowest BCUT2D eigenvalue weighted by molar-refractivity contribution is 0.0730. The lowest BCUT2D eigenvalue weighted by Crippen LogP contribution is -2.40. The number of nitrogens with zero attached hydrogens (tertiary/aromatic N) is 1. The monoisotopic (exact) mass is 374 g/mol. The predicted octanol–water partition coefficient (Wildman–Crippen LogP) is 2.31. The van der Waals surface area contributed by atoms with Crippen LogP contribution in [0.15, 0.2) is 53.4 Å². The molecule has 0 amide bonds. The number of carbonyl (C=O) groups is 1. The Labute approximate surface area is 153 Å². The highest BCUT2D eigenvalue weighted by Crippen LogP contribution is 2.19. The molecular weight excluding hydrogens is 352 g/mol. The molecule has 1 aliphatic heterocycles. The van der Waals surface area contributed by atoms with Crippen LogP contribution in [0.3, 0.4) is 0 Å². The highest BCUT2D eigenvalue weighted by Gasteiger charge is 2.26. The number of aryl methyl sites for hydroxylation is 1. The van der Waals surface area contributed by atoms with E-state index in [4.69, 9.17) is 4.74 Å². The molecule has 6 nitrogen and oxygen atoms in total. The van der Waals surface area contributed by atoms with Gasteiger partial charge < -0.3 is 10.1 Å². The molecule has 0 spiro atoms. The number of morpholine rings is 1. The van der Waals surface area contributed by atoms with E-state index < -0.39 is 10.0 Å². The molecule has 0 aliphatic carbocycles. The Morgan fingerprint density at radius 2 is 1.81 bits per heavy atom. The average Bonchev–Trinajstić information content (AvgIpc) is 2.68. The van der Waals surface area contributed by atoms with Gasteiger partial charge in [-0.3, -0.25) is 4.79 Å². The van der Waals surface area contributed by atoms with Gasteiger partial charge in [-0.1, -0.05) is 29.8 Å². The van der Waals surface area contributed by atoms with Gasteiger partial charge in [0.25, 0.3) is 0 Å². The molecule has 0 atom stereocenters. The van der Waals surface area contributed by atoms with Gasteiger partial charge in [-0.2, -0.15) is 4.31 Å². The highest BCUT2D eigenvalue weighted by atomic mass is 32.2. The lowest BCUT2D eigenvalue weighted by atomic mass is 10.1. The number of sulfonamides is 1. The maximum atomic E-state index is 12.7. The van der Waals surface area contributed by atoms with Gasteiger partial charge >= 0.3 is 0 Å². The van der Waals surface area contributed by atoms with Gasteiger partial charge in [0.1, 0.15) is 0 Å². The Bertz CT molecular complexity index is 873. The molecule has 0 radical (unpaired) electrons. The number of rotatable bonds is 6. The minimum absolute atomic E-state index is 0.101. The fraction of sp³-hybridized carbons (Fsp3) is 0.316. The molecule has 2 aromatic carbocycles. The van der Waals surface area contributed by atoms with Crippen molar-refractivity contribution < 1.29 is 17.9 Å². The maximum Gasteiger partial charge on any atom is 0.243 e. The molecule has 0 saturated carbocycles. The maximum absolute atomic E-state index is 12.7. The summed E-state index contributed by atoms with van der Waals surface area (Å²) in [6.07, 6.45) is 0. The van der Waals surface area contributed by atoms with Crippen molar-refractivity contribution >= 4 is 21.5 Å². The van der Waals surface area contributed by atoms with Gasteiger partial charge in [-0.15, -0.1) is 0 Å². The standard InChI is InChI=1S/C19H22N2O4S/c1-15-5-7-17(8-6-15)20-14-19(22)16-3-2-4-18(13-16)26(23,24)21-9-11-25-12-10-21/h2-8,13,20H,9-12,14H2,1H3. The second kappa shape index (κ2) is 7.99. The Balaban J connectivity index is 1.71. The molecule has 26 heavy (non-hydrogen) atoms. The predicted molar refractivity (Wildman–Crippen MR) is 100 cm³/mol. The zero-order valence-corrected chi connectivity index (χ0v) is 15.5. The minimum atomic E-state index is -3.61. The first-order chi connectivity index (χ1) is 12.5. The molecule has 1 heterocycles. The number of hydrogen-bond donors (Lipinski definition) is 1. The molecule has 7 heteroatoms. The van der Waals surface area contributed by atoms with Crippen LogP contribution in [0.1, 0.15) is 15.9 Å². The van der Waals surface area contributed by atoms with Gasteiger partial charge in [0.2, 0.25) is 10.0 Å². The summed E-state index contributed by atoms with van der Waals surface area (Å²) >= 11 is 0. The topological polar surface area (TPSA) is 75.7 Å². The van der Waals surface area contributed by atoms with Crippen LogP contribution in [-0.2, 0) is 14.8 Å². The summed E-state index contributed by atoms with van der Waals surface area (Å²) in [6.45, 7) is 3.53. The van der Waals surface area contributed by atoms with Crippen LogP contribution in [-0.4, -0.2) is 51.4 Å². The fourth-order valence-corrected chi connectivity index (χ4v) is 4.18. The van der Waals surface area contributed by atoms with Crippen LogP contribution in [0.4, 0.5) is 5.69 Å². The molecule has 1 aliphatic rings. The summed E-state index contributed by atoms with van der Waals surface area (Å²) in [5, 5.41) is 3.07. The number of nitrogens with one attached hydrogen (secondary N) is 1. The van der Waals surface area contributed by atoms with Crippen LogP contribution in [0.2, 0.25) is 0 Å². The molecule has 1 saturated heterocycles. The highest BCUT2D eigenvalue weighted by molar-refractivity contribution is 7.89. The molecule has 0 bridgehead atoms. The SMILES string of the molecule is Cc1ccc(NCC(=O)c2cccc(S(=O)(=O)N3CCOCC3)c2)cc1. The molecule has 3 rings (SSSR count). The number of ether oxygens (including phenoxy) is 1. The third-order valence-electron chi connectivity index (χ3n) is 4.27. The molecule has 0 unspecified atom stereocenters. The van der Waals surface area contributed by atoms with Crippen molar-refractivity contribution in [2.75, 3.05) is 38.2 Å². The Morgan fingerprint density at radius 3 is 2.50 bits per heavy atom. The van der Waals surface area contributed by atoms with Crippen molar-refractivity contribution in [3.05, 3.63) is 59.7 Å². The van der Waals surface area contributed by atoms with E-state index in [1.54, 1.807) is 12.1 Å². The van der Waals surface area contributed by atoms with Gasteiger partial charge in [-0.25, -0.2) is 8.42 Å². The molecule has 138 valence electrons. The van der Waals surface area contributed by atoms with E-state index in [1.165, 1.54) is 16.4 Å². The smallest absolute Gasteiger partial charge is 0.243 e. The summed E-state index contributed by atoms with van der Waals surface area (Å²) in [7, 11) is -3.61. The number of anilines is 1. The molecule has 1 N–H and O–H groups in total. The van der Waals surface area contributed by atoms with Crippen molar-refractivity contribution in [1.82, 2.24) is 4.31 Å². The largest absolute Gasteiger partial charge is 0.379 e. The lowest BCUT2D eigenvalue weighted by Gasteiger charge is -2.26. The summed E-state index contributed by atoms with van der Waals surface area (Å²) < 4.78 is 32.0. The number of hydrogen-bond acceptors (Lipinski definition) is 5. The molecular formula is C19H22N2O4S. The van der Waals surface area contributed by atoms with Crippen LogP contribution in [0, 0.1) is 6.92 Å². The first-order valence-corrected chi connectivity index (χ1v) is 9.92. The summed E-state index contributed by atoms with van der Waals surface area (Å²) in [5.41, 5.74) is 2.36. The van der Waals surface area contributed by atoms with Crippen LogP contribution in [0.5, 0.6) is 0 Å². The normalized spacial score (nSPS) is 15.6. The van der Waals surface area contributed by atoms with Crippen molar-refractivity contribution in [2.24, 2.45) is 0 Å². The van der Waals surface area contributed by atoms with Crippen LogP contribution < -0.4 is 5.32 Å². The van der Waals surface area contributed by atoms with Crippen molar-refractivity contribution in [3.63, 3.8) is 0 Å². The zero-order chi connectivity index (χ0) is 18.6. The van der Waals surface area contributed by atoms with E-state index in [0.717, 1.165) is 11.3 Å².